The maximum Gasteiger partial charge on any atom is 0.417 e. The predicted octanol–water partition coefficient (Wildman–Crippen LogP) is 2.82. The summed E-state index contributed by atoms with van der Waals surface area (Å²) in [5.74, 6) is 0. The molecule has 0 fully saturated rings. The van der Waals surface area contributed by atoms with Gasteiger partial charge in [-0.3, -0.25) is 0 Å². The Balaban J connectivity index is 3.14. The maximum atomic E-state index is 12.2. The van der Waals surface area contributed by atoms with Crippen molar-refractivity contribution in [3.8, 4) is 6.07 Å². The summed E-state index contributed by atoms with van der Waals surface area (Å²) in [6.45, 7) is 0. The molecule has 0 radical (unpaired) electrons. The summed E-state index contributed by atoms with van der Waals surface area (Å²) < 4.78 is 36.5. The summed E-state index contributed by atoms with van der Waals surface area (Å²) in [5.41, 5.74) is -0.809. The molecule has 0 aliphatic heterocycles. The molecule has 1 heterocycles. The first-order valence-corrected chi connectivity index (χ1v) is 3.91. The Morgan fingerprint density at radius 2 is 2.14 bits per heavy atom. The lowest BCUT2D eigenvalue weighted by Crippen LogP contribution is -2.06. The summed E-state index contributed by atoms with van der Waals surface area (Å²) in [7, 11) is 0. The largest absolute Gasteiger partial charge is 0.417 e. The Hall–Kier alpha value is -1.28. The van der Waals surface area contributed by atoms with Crippen LogP contribution in [0.15, 0.2) is 12.3 Å². The standard InChI is InChI=1S/C8H4ClF3N2/c9-7-5(1-2-13)3-6(4-14-7)8(10,11)12/h3-4H,1H2. The zero-order chi connectivity index (χ0) is 10.8. The lowest BCUT2D eigenvalue weighted by molar-refractivity contribution is -0.137. The second-order valence-corrected chi connectivity index (χ2v) is 2.86. The Morgan fingerprint density at radius 3 is 2.64 bits per heavy atom. The molecule has 0 amide bonds. The van der Waals surface area contributed by atoms with E-state index < -0.39 is 11.7 Å². The van der Waals surface area contributed by atoms with Gasteiger partial charge in [0.05, 0.1) is 18.1 Å². The molecule has 2 nitrogen and oxygen atoms in total. The van der Waals surface area contributed by atoms with E-state index in [2.05, 4.69) is 4.98 Å². The van der Waals surface area contributed by atoms with E-state index in [1.54, 1.807) is 6.07 Å². The normalized spacial score (nSPS) is 11.1. The zero-order valence-electron chi connectivity index (χ0n) is 6.77. The minimum Gasteiger partial charge on any atom is -0.244 e. The SMILES string of the molecule is N#CCc1cc(C(F)(F)F)cnc1Cl. The van der Waals surface area contributed by atoms with Crippen molar-refractivity contribution in [2.24, 2.45) is 0 Å². The maximum absolute atomic E-state index is 12.2. The van der Waals surface area contributed by atoms with Crippen LogP contribution in [-0.2, 0) is 12.6 Å². The highest BCUT2D eigenvalue weighted by Gasteiger charge is 2.31. The first-order chi connectivity index (χ1) is 6.45. The lowest BCUT2D eigenvalue weighted by atomic mass is 10.1. The number of rotatable bonds is 1. The van der Waals surface area contributed by atoms with Crippen molar-refractivity contribution in [2.75, 3.05) is 0 Å². The minimum atomic E-state index is -4.46. The molecule has 1 aromatic rings. The van der Waals surface area contributed by atoms with Crippen LogP contribution in [0.25, 0.3) is 0 Å². The van der Waals surface area contributed by atoms with Gasteiger partial charge >= 0.3 is 6.18 Å². The third kappa shape index (κ3) is 2.36. The molecule has 0 spiro atoms. The van der Waals surface area contributed by atoms with Crippen molar-refractivity contribution in [1.82, 2.24) is 4.98 Å². The van der Waals surface area contributed by atoms with Crippen LogP contribution in [0.1, 0.15) is 11.1 Å². The number of nitriles is 1. The summed E-state index contributed by atoms with van der Waals surface area (Å²) in [6.07, 6.45) is -4.00. The number of alkyl halides is 3. The number of halogens is 4. The molecule has 0 saturated carbocycles. The molecule has 14 heavy (non-hydrogen) atoms. The van der Waals surface area contributed by atoms with Gasteiger partial charge in [-0.15, -0.1) is 0 Å². The van der Waals surface area contributed by atoms with Gasteiger partial charge in [0.1, 0.15) is 5.15 Å². The molecule has 0 saturated heterocycles. The van der Waals surface area contributed by atoms with Gasteiger partial charge in [0.25, 0.3) is 0 Å². The van der Waals surface area contributed by atoms with Gasteiger partial charge in [-0.2, -0.15) is 18.4 Å². The van der Waals surface area contributed by atoms with E-state index in [0.717, 1.165) is 6.07 Å². The highest BCUT2D eigenvalue weighted by atomic mass is 35.5. The van der Waals surface area contributed by atoms with E-state index in [1.807, 2.05) is 0 Å². The van der Waals surface area contributed by atoms with Gasteiger partial charge in [-0.05, 0) is 6.07 Å². The molecule has 0 unspecified atom stereocenters. The van der Waals surface area contributed by atoms with Gasteiger partial charge in [-0.1, -0.05) is 11.6 Å². The Labute approximate surface area is 82.9 Å². The molecular weight excluding hydrogens is 217 g/mol. The van der Waals surface area contributed by atoms with Gasteiger partial charge in [0, 0.05) is 11.8 Å². The Kier molecular flexibility index (Phi) is 2.96. The fourth-order valence-electron chi connectivity index (χ4n) is 0.858. The first-order valence-electron chi connectivity index (χ1n) is 3.53. The van der Waals surface area contributed by atoms with Crippen LogP contribution in [-0.4, -0.2) is 4.98 Å². The highest BCUT2D eigenvalue weighted by Crippen LogP contribution is 2.30. The third-order valence-corrected chi connectivity index (χ3v) is 1.85. The van der Waals surface area contributed by atoms with Crippen LogP contribution >= 0.6 is 11.6 Å². The minimum absolute atomic E-state index is 0.0699. The van der Waals surface area contributed by atoms with Crippen molar-refractivity contribution >= 4 is 11.6 Å². The number of aromatic nitrogens is 1. The van der Waals surface area contributed by atoms with E-state index in [0.29, 0.717) is 6.20 Å². The van der Waals surface area contributed by atoms with E-state index in [-0.39, 0.29) is 17.1 Å². The summed E-state index contributed by atoms with van der Waals surface area (Å²) in [6, 6.07) is 2.54. The fraction of sp³-hybridized carbons (Fsp3) is 0.250. The van der Waals surface area contributed by atoms with Gasteiger partial charge in [0.15, 0.2) is 0 Å². The quantitative estimate of drug-likeness (QED) is 0.683. The smallest absolute Gasteiger partial charge is 0.244 e. The summed E-state index contributed by atoms with van der Waals surface area (Å²) in [4.78, 5) is 3.36. The number of hydrogen-bond acceptors (Lipinski definition) is 2. The van der Waals surface area contributed by atoms with E-state index in [9.17, 15) is 13.2 Å². The van der Waals surface area contributed by atoms with Crippen molar-refractivity contribution < 1.29 is 13.2 Å². The summed E-state index contributed by atoms with van der Waals surface area (Å²) in [5, 5.41) is 8.25. The molecule has 0 atom stereocenters. The van der Waals surface area contributed by atoms with Crippen LogP contribution in [0.5, 0.6) is 0 Å². The molecule has 0 aliphatic rings. The Morgan fingerprint density at radius 1 is 1.50 bits per heavy atom. The van der Waals surface area contributed by atoms with Crippen LogP contribution < -0.4 is 0 Å². The second kappa shape index (κ2) is 3.84. The molecule has 1 aromatic heterocycles. The van der Waals surface area contributed by atoms with Crippen LogP contribution in [0.4, 0.5) is 13.2 Å². The van der Waals surface area contributed by atoms with Crippen LogP contribution in [0, 0.1) is 11.3 Å². The van der Waals surface area contributed by atoms with Gasteiger partial charge < -0.3 is 0 Å². The molecule has 0 aliphatic carbocycles. The summed E-state index contributed by atoms with van der Waals surface area (Å²) >= 11 is 5.50. The molecule has 0 aromatic carbocycles. The number of hydrogen-bond donors (Lipinski definition) is 0. The molecule has 74 valence electrons. The average molecular weight is 221 g/mol. The Bertz CT molecular complexity index is 381. The highest BCUT2D eigenvalue weighted by molar-refractivity contribution is 6.30. The average Bonchev–Trinajstić information content (AvgIpc) is 2.07. The lowest BCUT2D eigenvalue weighted by Gasteiger charge is -2.07. The van der Waals surface area contributed by atoms with Crippen molar-refractivity contribution in [3.63, 3.8) is 0 Å². The second-order valence-electron chi connectivity index (χ2n) is 2.51. The van der Waals surface area contributed by atoms with Crippen LogP contribution in [0.2, 0.25) is 5.15 Å². The molecule has 1 rings (SSSR count). The first kappa shape index (κ1) is 10.8. The predicted molar refractivity (Wildman–Crippen MR) is 43.6 cm³/mol. The molecular formula is C8H4ClF3N2. The van der Waals surface area contributed by atoms with E-state index in [1.165, 1.54) is 0 Å². The van der Waals surface area contributed by atoms with Crippen LogP contribution in [0.3, 0.4) is 0 Å². The van der Waals surface area contributed by atoms with E-state index in [4.69, 9.17) is 16.9 Å². The number of nitrogens with zero attached hydrogens (tertiary/aromatic N) is 2. The van der Waals surface area contributed by atoms with Crippen molar-refractivity contribution in [2.45, 2.75) is 12.6 Å². The molecule has 0 bridgehead atoms. The topological polar surface area (TPSA) is 36.7 Å². The fourth-order valence-corrected chi connectivity index (χ4v) is 1.03. The molecule has 0 N–H and O–H groups in total. The van der Waals surface area contributed by atoms with Crippen molar-refractivity contribution in [1.29, 1.82) is 5.26 Å². The monoisotopic (exact) mass is 220 g/mol. The van der Waals surface area contributed by atoms with Gasteiger partial charge in [0.2, 0.25) is 0 Å². The zero-order valence-corrected chi connectivity index (χ0v) is 7.52. The van der Waals surface area contributed by atoms with E-state index >= 15 is 0 Å². The van der Waals surface area contributed by atoms with Gasteiger partial charge in [-0.25, -0.2) is 4.98 Å². The molecule has 6 heteroatoms. The number of pyridine rings is 1. The van der Waals surface area contributed by atoms with Crippen molar-refractivity contribution in [3.05, 3.63) is 28.5 Å². The third-order valence-electron chi connectivity index (χ3n) is 1.51.